The minimum atomic E-state index is -0.415. The number of fused-ring (bicyclic) bond motifs is 1. The molecule has 4 rings (SSSR count). The zero-order valence-electron chi connectivity index (χ0n) is 19.6. The van der Waals surface area contributed by atoms with Crippen molar-refractivity contribution in [2.45, 2.75) is 26.0 Å². The lowest BCUT2D eigenvalue weighted by atomic mass is 10.0. The van der Waals surface area contributed by atoms with Gasteiger partial charge in [0.25, 0.3) is 5.91 Å². The van der Waals surface area contributed by atoms with Gasteiger partial charge in [-0.05, 0) is 43.0 Å². The molecule has 2 aromatic carbocycles. The summed E-state index contributed by atoms with van der Waals surface area (Å²) in [5, 5.41) is 6.35. The highest BCUT2D eigenvalue weighted by atomic mass is 32.1. The first-order chi connectivity index (χ1) is 15.9. The number of methoxy groups -OCH3 is 1. The number of nitrogens with one attached hydrogen (secondary N) is 1. The highest BCUT2D eigenvalue weighted by molar-refractivity contribution is 7.17. The maximum Gasteiger partial charge on any atom is 0.258 e. The number of nitrogens with zero attached hydrogens (tertiary/aromatic N) is 1. The molecule has 33 heavy (non-hydrogen) atoms. The Bertz CT molecular complexity index is 1090. The van der Waals surface area contributed by atoms with Crippen molar-refractivity contribution in [3.05, 3.63) is 53.4 Å². The van der Waals surface area contributed by atoms with Crippen LogP contribution in [0, 0.1) is 0 Å². The minimum Gasteiger partial charge on any atom is -0.483 e. The van der Waals surface area contributed by atoms with Gasteiger partial charge in [0.1, 0.15) is 5.75 Å². The monoisotopic (exact) mass is 468 g/mol. The van der Waals surface area contributed by atoms with Crippen molar-refractivity contribution in [2.75, 3.05) is 46.6 Å². The fraction of sp³-hybridized carbons (Fsp3) is 0.423. The van der Waals surface area contributed by atoms with Gasteiger partial charge in [0.2, 0.25) is 0 Å². The van der Waals surface area contributed by atoms with Crippen molar-refractivity contribution >= 4 is 27.3 Å². The summed E-state index contributed by atoms with van der Waals surface area (Å²) in [6.45, 7) is 8.27. The standard InChI is InChI=1S/C26H32N2O4S/c1-26(2,30-3)18-27-25(29)16-32-23-9-8-19(14-20(23)15-28-10-12-31-13-11-28)22-17-33-24-7-5-4-6-21(22)24/h4-9,14,17H,10-13,15-16,18H2,1-3H3,(H,27,29). The molecule has 0 atom stereocenters. The minimum absolute atomic E-state index is 0.0311. The van der Waals surface area contributed by atoms with E-state index in [1.165, 1.54) is 15.6 Å². The van der Waals surface area contributed by atoms with E-state index in [2.05, 4.69) is 52.0 Å². The maximum absolute atomic E-state index is 12.4. The second-order valence-electron chi connectivity index (χ2n) is 8.89. The van der Waals surface area contributed by atoms with Crippen LogP contribution in [0.5, 0.6) is 5.75 Å². The molecule has 176 valence electrons. The fourth-order valence-corrected chi connectivity index (χ4v) is 4.76. The van der Waals surface area contributed by atoms with Gasteiger partial charge < -0.3 is 19.5 Å². The van der Waals surface area contributed by atoms with Crippen molar-refractivity contribution in [2.24, 2.45) is 0 Å². The molecule has 0 saturated carbocycles. The molecule has 0 bridgehead atoms. The predicted octanol–water partition coefficient (Wildman–Crippen LogP) is 4.32. The van der Waals surface area contributed by atoms with Crippen LogP contribution in [0.4, 0.5) is 0 Å². The lowest BCUT2D eigenvalue weighted by molar-refractivity contribution is -0.124. The van der Waals surface area contributed by atoms with Gasteiger partial charge in [-0.15, -0.1) is 11.3 Å². The molecule has 1 aromatic heterocycles. The predicted molar refractivity (Wildman–Crippen MR) is 133 cm³/mol. The van der Waals surface area contributed by atoms with E-state index in [1.807, 2.05) is 19.9 Å². The van der Waals surface area contributed by atoms with Crippen LogP contribution in [0.3, 0.4) is 0 Å². The van der Waals surface area contributed by atoms with Crippen LogP contribution in [0.2, 0.25) is 0 Å². The Kier molecular flexibility index (Phi) is 7.65. The van der Waals surface area contributed by atoms with Crippen LogP contribution in [0.1, 0.15) is 19.4 Å². The number of ether oxygens (including phenoxy) is 3. The Labute approximate surface area is 199 Å². The number of morpholine rings is 1. The van der Waals surface area contributed by atoms with Crippen LogP contribution < -0.4 is 10.1 Å². The first kappa shape index (κ1) is 23.7. The summed E-state index contributed by atoms with van der Waals surface area (Å²) >= 11 is 1.76. The fourth-order valence-electron chi connectivity index (χ4n) is 3.79. The summed E-state index contributed by atoms with van der Waals surface area (Å²) in [4.78, 5) is 14.7. The first-order valence-electron chi connectivity index (χ1n) is 11.3. The summed E-state index contributed by atoms with van der Waals surface area (Å²) in [5.74, 6) is 0.580. The van der Waals surface area contributed by atoms with Gasteiger partial charge in [-0.3, -0.25) is 9.69 Å². The molecule has 3 aromatic rings. The molecule has 1 aliphatic rings. The number of hydrogen-bond donors (Lipinski definition) is 1. The molecule has 0 spiro atoms. The van der Waals surface area contributed by atoms with E-state index in [-0.39, 0.29) is 12.5 Å². The molecule has 0 radical (unpaired) electrons. The van der Waals surface area contributed by atoms with Gasteiger partial charge in [-0.2, -0.15) is 0 Å². The topological polar surface area (TPSA) is 60.0 Å². The van der Waals surface area contributed by atoms with Crippen molar-refractivity contribution in [1.82, 2.24) is 10.2 Å². The first-order valence-corrected chi connectivity index (χ1v) is 12.2. The molecule has 7 heteroatoms. The number of carbonyl (C=O) groups excluding carboxylic acids is 1. The molecule has 0 aliphatic carbocycles. The van der Waals surface area contributed by atoms with Crippen LogP contribution in [-0.2, 0) is 20.8 Å². The van der Waals surface area contributed by atoms with Gasteiger partial charge in [-0.1, -0.05) is 24.3 Å². The lowest BCUT2D eigenvalue weighted by Gasteiger charge is -2.27. The largest absolute Gasteiger partial charge is 0.483 e. The normalized spacial score (nSPS) is 15.0. The number of thiophene rings is 1. The average molecular weight is 469 g/mol. The Morgan fingerprint density at radius 2 is 1.97 bits per heavy atom. The average Bonchev–Trinajstić information content (AvgIpc) is 3.27. The van der Waals surface area contributed by atoms with Gasteiger partial charge in [0, 0.05) is 54.5 Å². The molecular formula is C26H32N2O4S. The van der Waals surface area contributed by atoms with Crippen LogP contribution in [-0.4, -0.2) is 63.0 Å². The highest BCUT2D eigenvalue weighted by Gasteiger charge is 2.19. The molecule has 0 unspecified atom stereocenters. The molecule has 1 amide bonds. The Morgan fingerprint density at radius 1 is 1.18 bits per heavy atom. The van der Waals surface area contributed by atoms with Crippen LogP contribution >= 0.6 is 11.3 Å². The van der Waals surface area contributed by atoms with Crippen molar-refractivity contribution < 1.29 is 19.0 Å². The molecule has 1 saturated heterocycles. The van der Waals surface area contributed by atoms with Gasteiger partial charge >= 0.3 is 0 Å². The Hall–Kier alpha value is -2.45. The van der Waals surface area contributed by atoms with Gasteiger partial charge in [-0.25, -0.2) is 0 Å². The third kappa shape index (κ3) is 6.12. The van der Waals surface area contributed by atoms with Gasteiger partial charge in [0.05, 0.1) is 18.8 Å². The third-order valence-corrected chi connectivity index (χ3v) is 6.94. The smallest absolute Gasteiger partial charge is 0.258 e. The molecule has 1 N–H and O–H groups in total. The van der Waals surface area contributed by atoms with Crippen molar-refractivity contribution in [3.8, 4) is 16.9 Å². The maximum atomic E-state index is 12.4. The molecular weight excluding hydrogens is 436 g/mol. The molecule has 2 heterocycles. The Balaban J connectivity index is 1.53. The summed E-state index contributed by atoms with van der Waals surface area (Å²) in [6.07, 6.45) is 0. The number of rotatable bonds is 9. The summed E-state index contributed by atoms with van der Waals surface area (Å²) in [7, 11) is 1.64. The van der Waals surface area contributed by atoms with E-state index in [4.69, 9.17) is 14.2 Å². The summed E-state index contributed by atoms with van der Waals surface area (Å²) in [6, 6.07) is 14.7. The number of amides is 1. The van der Waals surface area contributed by atoms with Crippen LogP contribution in [0.25, 0.3) is 21.2 Å². The van der Waals surface area contributed by atoms with Gasteiger partial charge in [0.15, 0.2) is 6.61 Å². The molecule has 1 aliphatic heterocycles. The van der Waals surface area contributed by atoms with E-state index in [1.54, 1.807) is 18.4 Å². The number of hydrogen-bond acceptors (Lipinski definition) is 6. The summed E-state index contributed by atoms with van der Waals surface area (Å²) < 4.78 is 18.1. The van der Waals surface area contributed by atoms with Crippen LogP contribution in [0.15, 0.2) is 47.8 Å². The van der Waals surface area contributed by atoms with Crippen molar-refractivity contribution in [1.29, 1.82) is 0 Å². The molecule has 1 fully saturated rings. The van der Waals surface area contributed by atoms with E-state index in [0.717, 1.165) is 49.7 Å². The third-order valence-electron chi connectivity index (χ3n) is 5.97. The number of benzene rings is 2. The lowest BCUT2D eigenvalue weighted by Crippen LogP contribution is -2.41. The zero-order valence-corrected chi connectivity index (χ0v) is 20.4. The second-order valence-corrected chi connectivity index (χ2v) is 9.80. The Morgan fingerprint density at radius 3 is 2.76 bits per heavy atom. The zero-order chi connectivity index (χ0) is 23.3. The van der Waals surface area contributed by atoms with E-state index >= 15 is 0 Å². The van der Waals surface area contributed by atoms with E-state index < -0.39 is 5.60 Å². The quantitative estimate of drug-likeness (QED) is 0.507. The highest BCUT2D eigenvalue weighted by Crippen LogP contribution is 2.36. The summed E-state index contributed by atoms with van der Waals surface area (Å²) in [5.41, 5.74) is 3.05. The SMILES string of the molecule is COC(C)(C)CNC(=O)COc1ccc(-c2csc3ccccc23)cc1CN1CCOCC1. The second kappa shape index (κ2) is 10.7. The number of carbonyl (C=O) groups is 1. The van der Waals surface area contributed by atoms with Crippen molar-refractivity contribution in [3.63, 3.8) is 0 Å². The molecule has 6 nitrogen and oxygen atoms in total. The van der Waals surface area contributed by atoms with E-state index in [0.29, 0.717) is 6.54 Å². The van der Waals surface area contributed by atoms with E-state index in [9.17, 15) is 4.79 Å².